The van der Waals surface area contributed by atoms with Gasteiger partial charge in [-0.15, -0.1) is 11.8 Å². The van der Waals surface area contributed by atoms with E-state index in [0.717, 1.165) is 11.3 Å². The van der Waals surface area contributed by atoms with E-state index >= 15 is 0 Å². The van der Waals surface area contributed by atoms with Crippen LogP contribution in [0.5, 0.6) is 11.5 Å². The molecular formula is C16H18FNO2S. The molecule has 1 unspecified atom stereocenters. The van der Waals surface area contributed by atoms with Gasteiger partial charge in [-0.3, -0.25) is 0 Å². The van der Waals surface area contributed by atoms with Crippen molar-refractivity contribution in [3.63, 3.8) is 0 Å². The Labute approximate surface area is 128 Å². The van der Waals surface area contributed by atoms with Crippen LogP contribution in [0.4, 0.5) is 4.39 Å². The van der Waals surface area contributed by atoms with Gasteiger partial charge in [0.05, 0.1) is 14.2 Å². The highest BCUT2D eigenvalue weighted by Gasteiger charge is 2.14. The predicted octanol–water partition coefficient (Wildman–Crippen LogP) is 3.64. The molecule has 2 aromatic carbocycles. The van der Waals surface area contributed by atoms with E-state index in [-0.39, 0.29) is 11.9 Å². The molecule has 0 aliphatic heterocycles. The fourth-order valence-corrected chi connectivity index (χ4v) is 2.88. The van der Waals surface area contributed by atoms with Gasteiger partial charge in [0.1, 0.15) is 17.3 Å². The Hall–Kier alpha value is -1.72. The lowest BCUT2D eigenvalue weighted by atomic mass is 10.1. The average Bonchev–Trinajstić information content (AvgIpc) is 2.53. The van der Waals surface area contributed by atoms with Gasteiger partial charge in [-0.1, -0.05) is 12.1 Å². The van der Waals surface area contributed by atoms with E-state index < -0.39 is 0 Å². The number of ether oxygens (including phenoxy) is 2. The minimum Gasteiger partial charge on any atom is -0.497 e. The monoisotopic (exact) mass is 307 g/mol. The lowest BCUT2D eigenvalue weighted by molar-refractivity contribution is 0.396. The highest BCUT2D eigenvalue weighted by Crippen LogP contribution is 2.32. The Morgan fingerprint density at radius 3 is 2.57 bits per heavy atom. The van der Waals surface area contributed by atoms with Crippen LogP contribution in [0.3, 0.4) is 0 Å². The van der Waals surface area contributed by atoms with Gasteiger partial charge in [-0.25, -0.2) is 4.39 Å². The molecule has 1 atom stereocenters. The number of halogens is 1. The number of thioether (sulfide) groups is 1. The lowest BCUT2D eigenvalue weighted by Gasteiger charge is -2.16. The van der Waals surface area contributed by atoms with Crippen molar-refractivity contribution >= 4 is 11.8 Å². The molecule has 0 saturated carbocycles. The minimum atomic E-state index is -0.278. The second-order valence-corrected chi connectivity index (χ2v) is 5.52. The summed E-state index contributed by atoms with van der Waals surface area (Å²) in [6.07, 6.45) is 0. The average molecular weight is 307 g/mol. The molecule has 0 heterocycles. The summed E-state index contributed by atoms with van der Waals surface area (Å²) in [6.45, 7) is 0. The molecular weight excluding hydrogens is 289 g/mol. The third-order valence-electron chi connectivity index (χ3n) is 3.09. The third kappa shape index (κ3) is 3.89. The zero-order valence-electron chi connectivity index (χ0n) is 12.0. The predicted molar refractivity (Wildman–Crippen MR) is 83.6 cm³/mol. The largest absolute Gasteiger partial charge is 0.497 e. The van der Waals surface area contributed by atoms with Crippen LogP contribution in [0.2, 0.25) is 0 Å². The van der Waals surface area contributed by atoms with Crippen LogP contribution >= 0.6 is 11.8 Å². The van der Waals surface area contributed by atoms with Gasteiger partial charge in [-0.2, -0.15) is 0 Å². The number of hydrogen-bond acceptors (Lipinski definition) is 4. The van der Waals surface area contributed by atoms with Crippen LogP contribution in [-0.4, -0.2) is 20.0 Å². The van der Waals surface area contributed by atoms with Gasteiger partial charge >= 0.3 is 0 Å². The Balaban J connectivity index is 2.13. The fraction of sp³-hybridized carbons (Fsp3) is 0.250. The molecule has 2 N–H and O–H groups in total. The third-order valence-corrected chi connectivity index (χ3v) is 4.26. The summed E-state index contributed by atoms with van der Waals surface area (Å²) in [4.78, 5) is 0.592. The van der Waals surface area contributed by atoms with Gasteiger partial charge in [-0.05, 0) is 30.3 Å². The van der Waals surface area contributed by atoms with E-state index in [0.29, 0.717) is 16.4 Å². The van der Waals surface area contributed by atoms with Crippen molar-refractivity contribution in [1.82, 2.24) is 0 Å². The van der Waals surface area contributed by atoms with E-state index in [1.165, 1.54) is 17.8 Å². The lowest BCUT2D eigenvalue weighted by Crippen LogP contribution is -2.14. The first-order valence-electron chi connectivity index (χ1n) is 6.50. The summed E-state index contributed by atoms with van der Waals surface area (Å²) in [6, 6.07) is 11.9. The Bertz CT molecular complexity index is 607. The first-order chi connectivity index (χ1) is 10.2. The SMILES string of the molecule is COc1ccc(OC)c(C(N)CSc2ccccc2F)c1. The van der Waals surface area contributed by atoms with Crippen molar-refractivity contribution in [2.75, 3.05) is 20.0 Å². The molecule has 3 nitrogen and oxygen atoms in total. The highest BCUT2D eigenvalue weighted by atomic mass is 32.2. The summed E-state index contributed by atoms with van der Waals surface area (Å²) in [5, 5.41) is 0. The Morgan fingerprint density at radius 2 is 1.90 bits per heavy atom. The smallest absolute Gasteiger partial charge is 0.136 e. The molecule has 0 aromatic heterocycles. The van der Waals surface area contributed by atoms with Crippen LogP contribution in [-0.2, 0) is 0 Å². The molecule has 2 aromatic rings. The van der Waals surface area contributed by atoms with Crippen molar-refractivity contribution in [3.05, 3.63) is 53.8 Å². The summed E-state index contributed by atoms with van der Waals surface area (Å²) in [5.41, 5.74) is 7.06. The second kappa shape index (κ2) is 7.33. The van der Waals surface area contributed by atoms with Gasteiger partial charge < -0.3 is 15.2 Å². The van der Waals surface area contributed by atoms with Crippen LogP contribution in [0.1, 0.15) is 11.6 Å². The number of benzene rings is 2. The van der Waals surface area contributed by atoms with E-state index in [2.05, 4.69) is 0 Å². The highest BCUT2D eigenvalue weighted by molar-refractivity contribution is 7.99. The van der Waals surface area contributed by atoms with E-state index in [4.69, 9.17) is 15.2 Å². The van der Waals surface area contributed by atoms with Gasteiger partial charge in [0.25, 0.3) is 0 Å². The molecule has 0 saturated heterocycles. The molecule has 0 aliphatic rings. The van der Waals surface area contributed by atoms with Crippen LogP contribution in [0.15, 0.2) is 47.4 Å². The molecule has 0 radical (unpaired) electrons. The number of methoxy groups -OCH3 is 2. The van der Waals surface area contributed by atoms with Crippen molar-refractivity contribution in [2.45, 2.75) is 10.9 Å². The normalized spacial score (nSPS) is 12.0. The van der Waals surface area contributed by atoms with Crippen molar-refractivity contribution in [2.24, 2.45) is 5.73 Å². The van der Waals surface area contributed by atoms with Crippen LogP contribution in [0, 0.1) is 5.82 Å². The first-order valence-corrected chi connectivity index (χ1v) is 7.49. The van der Waals surface area contributed by atoms with Gasteiger partial charge in [0.2, 0.25) is 0 Å². The molecule has 0 bridgehead atoms. The van der Waals surface area contributed by atoms with Crippen molar-refractivity contribution in [1.29, 1.82) is 0 Å². The summed E-state index contributed by atoms with van der Waals surface area (Å²) >= 11 is 1.39. The second-order valence-electron chi connectivity index (χ2n) is 4.46. The van der Waals surface area contributed by atoms with Gasteiger partial charge in [0.15, 0.2) is 0 Å². The van der Waals surface area contributed by atoms with Crippen LogP contribution in [0.25, 0.3) is 0 Å². The molecule has 0 spiro atoms. The standard InChI is InChI=1S/C16H18FNO2S/c1-19-11-7-8-15(20-2)12(9-11)14(18)10-21-16-6-4-3-5-13(16)17/h3-9,14H,10,18H2,1-2H3. The van der Waals surface area contributed by atoms with Crippen LogP contribution < -0.4 is 15.2 Å². The molecule has 0 amide bonds. The number of nitrogens with two attached hydrogens (primary N) is 1. The summed E-state index contributed by atoms with van der Waals surface area (Å²) in [5.74, 6) is 1.74. The van der Waals surface area contributed by atoms with Crippen molar-refractivity contribution in [3.8, 4) is 11.5 Å². The maximum atomic E-state index is 13.6. The zero-order chi connectivity index (χ0) is 15.2. The minimum absolute atomic E-state index is 0.229. The van der Waals surface area contributed by atoms with Crippen molar-refractivity contribution < 1.29 is 13.9 Å². The maximum Gasteiger partial charge on any atom is 0.136 e. The first kappa shape index (κ1) is 15.7. The molecule has 5 heteroatoms. The Morgan fingerprint density at radius 1 is 1.14 bits per heavy atom. The Kier molecular flexibility index (Phi) is 5.47. The quantitative estimate of drug-likeness (QED) is 0.828. The van der Waals surface area contributed by atoms with Gasteiger partial charge in [0, 0.05) is 22.3 Å². The fourth-order valence-electron chi connectivity index (χ4n) is 1.96. The topological polar surface area (TPSA) is 44.5 Å². The van der Waals surface area contributed by atoms with E-state index in [1.54, 1.807) is 26.4 Å². The number of rotatable bonds is 6. The maximum absolute atomic E-state index is 13.6. The molecule has 0 aliphatic carbocycles. The van der Waals surface area contributed by atoms with E-state index in [1.807, 2.05) is 24.3 Å². The molecule has 21 heavy (non-hydrogen) atoms. The molecule has 2 rings (SSSR count). The van der Waals surface area contributed by atoms with E-state index in [9.17, 15) is 4.39 Å². The summed E-state index contributed by atoms with van der Waals surface area (Å²) < 4.78 is 24.1. The zero-order valence-corrected chi connectivity index (χ0v) is 12.8. The number of hydrogen-bond donors (Lipinski definition) is 1. The molecule has 112 valence electrons. The summed E-state index contributed by atoms with van der Waals surface area (Å²) in [7, 11) is 3.20. The molecule has 0 fully saturated rings.